The maximum Gasteiger partial charge on any atom is 0.326 e. The fraction of sp³-hybridized carbons (Fsp3) is 0.722. The molecule has 1 aliphatic carbocycles. The smallest absolute Gasteiger partial charge is 0.326 e. The van der Waals surface area contributed by atoms with E-state index in [9.17, 15) is 14.4 Å². The molecule has 0 aromatic carbocycles. The summed E-state index contributed by atoms with van der Waals surface area (Å²) in [5.41, 5.74) is -1.12. The zero-order valence-corrected chi connectivity index (χ0v) is 15.1. The van der Waals surface area contributed by atoms with Crippen LogP contribution >= 0.6 is 0 Å². The Hall–Kier alpha value is -1.93. The fourth-order valence-electron chi connectivity index (χ4n) is 4.52. The highest BCUT2D eigenvalue weighted by molar-refractivity contribution is 5.92. The van der Waals surface area contributed by atoms with Crippen molar-refractivity contribution in [2.75, 3.05) is 39.3 Å². The number of likely N-dealkylation sites (tertiary alicyclic amines) is 1. The maximum absolute atomic E-state index is 12.4. The van der Waals surface area contributed by atoms with Crippen LogP contribution in [0.1, 0.15) is 42.6 Å². The fourth-order valence-corrected chi connectivity index (χ4v) is 4.52. The first-order valence-electron chi connectivity index (χ1n) is 9.71. The van der Waals surface area contributed by atoms with Crippen LogP contribution in [0.25, 0.3) is 0 Å². The van der Waals surface area contributed by atoms with E-state index in [1.54, 1.807) is 4.90 Å². The molecule has 2 saturated heterocycles. The van der Waals surface area contributed by atoms with Gasteiger partial charge in [-0.15, -0.1) is 0 Å². The summed E-state index contributed by atoms with van der Waals surface area (Å²) in [6.45, 7) is 5.69. The Morgan fingerprint density at radius 2 is 1.50 bits per heavy atom. The normalized spacial score (nSPS) is 23.8. The van der Waals surface area contributed by atoms with Gasteiger partial charge in [-0.1, -0.05) is 19.3 Å². The predicted octanol–water partition coefficient (Wildman–Crippen LogP) is -0.162. The number of carbonyl (C=O) groups is 1. The Morgan fingerprint density at radius 3 is 2.12 bits per heavy atom. The molecule has 26 heavy (non-hydrogen) atoms. The van der Waals surface area contributed by atoms with Gasteiger partial charge in [0.2, 0.25) is 0 Å². The zero-order chi connectivity index (χ0) is 18.1. The number of nitrogens with zero attached hydrogens (tertiary/aromatic N) is 3. The Labute approximate surface area is 152 Å². The van der Waals surface area contributed by atoms with Crippen molar-refractivity contribution in [3.63, 3.8) is 0 Å². The molecule has 8 nitrogen and oxygen atoms in total. The van der Waals surface area contributed by atoms with Crippen LogP contribution in [0, 0.1) is 0 Å². The summed E-state index contributed by atoms with van der Waals surface area (Å²) < 4.78 is 0. The number of hydrogen-bond donors (Lipinski definition) is 2. The lowest BCUT2D eigenvalue weighted by Gasteiger charge is -2.49. The van der Waals surface area contributed by atoms with Crippen LogP contribution in [-0.2, 0) is 0 Å². The number of hydrogen-bond acceptors (Lipinski definition) is 5. The highest BCUT2D eigenvalue weighted by Gasteiger charge is 2.37. The summed E-state index contributed by atoms with van der Waals surface area (Å²) in [7, 11) is 0. The average molecular weight is 361 g/mol. The van der Waals surface area contributed by atoms with Crippen LogP contribution in [0.2, 0.25) is 0 Å². The van der Waals surface area contributed by atoms with E-state index < -0.39 is 11.2 Å². The molecule has 2 N–H and O–H groups in total. The van der Waals surface area contributed by atoms with Crippen molar-refractivity contribution in [3.8, 4) is 0 Å². The van der Waals surface area contributed by atoms with E-state index in [4.69, 9.17) is 0 Å². The van der Waals surface area contributed by atoms with Crippen LogP contribution in [-0.4, -0.2) is 81.9 Å². The molecule has 3 heterocycles. The van der Waals surface area contributed by atoms with Crippen LogP contribution in [0.4, 0.5) is 0 Å². The van der Waals surface area contributed by atoms with Crippen molar-refractivity contribution in [1.29, 1.82) is 0 Å². The lowest BCUT2D eigenvalue weighted by molar-refractivity contribution is -0.00290. The molecule has 4 rings (SSSR count). The molecular formula is C18H27N5O3. The highest BCUT2D eigenvalue weighted by Crippen LogP contribution is 2.25. The second-order valence-corrected chi connectivity index (χ2v) is 7.73. The zero-order valence-electron chi connectivity index (χ0n) is 15.1. The Kier molecular flexibility index (Phi) is 4.95. The van der Waals surface area contributed by atoms with Crippen LogP contribution < -0.4 is 11.2 Å². The number of amides is 1. The molecule has 8 heteroatoms. The number of nitrogens with one attached hydrogen (secondary N) is 2. The summed E-state index contributed by atoms with van der Waals surface area (Å²) in [4.78, 5) is 46.4. The third-order valence-corrected chi connectivity index (χ3v) is 6.10. The van der Waals surface area contributed by atoms with Gasteiger partial charge in [0.15, 0.2) is 0 Å². The van der Waals surface area contributed by atoms with Crippen molar-refractivity contribution in [2.24, 2.45) is 0 Å². The lowest BCUT2D eigenvalue weighted by Crippen LogP contribution is -2.64. The number of carbonyl (C=O) groups excluding carboxylic acids is 1. The molecule has 3 fully saturated rings. The second-order valence-electron chi connectivity index (χ2n) is 7.73. The minimum absolute atomic E-state index is 0.0688. The van der Waals surface area contributed by atoms with Gasteiger partial charge in [-0.25, -0.2) is 4.79 Å². The molecule has 142 valence electrons. The molecule has 2 aliphatic heterocycles. The van der Waals surface area contributed by atoms with Gasteiger partial charge in [-0.05, 0) is 12.8 Å². The molecule has 0 unspecified atom stereocenters. The first kappa shape index (κ1) is 17.5. The summed E-state index contributed by atoms with van der Waals surface area (Å²) in [5, 5.41) is 0. The van der Waals surface area contributed by atoms with Crippen LogP contribution in [0.5, 0.6) is 0 Å². The molecule has 3 aliphatic rings. The first-order valence-corrected chi connectivity index (χ1v) is 9.71. The molecular weight excluding hydrogens is 334 g/mol. The van der Waals surface area contributed by atoms with E-state index in [2.05, 4.69) is 19.8 Å². The minimum atomic E-state index is -0.642. The van der Waals surface area contributed by atoms with Gasteiger partial charge in [-0.2, -0.15) is 0 Å². The van der Waals surface area contributed by atoms with Crippen molar-refractivity contribution < 1.29 is 4.79 Å². The van der Waals surface area contributed by atoms with Gasteiger partial charge in [0.25, 0.3) is 11.5 Å². The summed E-state index contributed by atoms with van der Waals surface area (Å²) in [6.07, 6.45) is 6.82. The number of H-pyrrole nitrogens is 2. The highest BCUT2D eigenvalue weighted by atomic mass is 16.2. The standard InChI is InChI=1S/C18H27N5O3/c24-16-10-15(19-18(26)20-16)17(25)23-11-14(12-23)22-8-6-21(7-9-22)13-4-2-1-3-5-13/h10,13-14H,1-9,11-12H2,(H2,19,20,24,26). The molecule has 0 bridgehead atoms. The largest absolute Gasteiger partial charge is 0.334 e. The third-order valence-electron chi connectivity index (χ3n) is 6.10. The SMILES string of the molecule is O=C(c1cc(=O)[nH]c(=O)[nH]1)N1CC(N2CCN(C3CCCCC3)CC2)C1. The van der Waals surface area contributed by atoms with E-state index in [0.29, 0.717) is 19.1 Å². The van der Waals surface area contributed by atoms with E-state index >= 15 is 0 Å². The number of rotatable bonds is 3. The van der Waals surface area contributed by atoms with Crippen molar-refractivity contribution in [3.05, 3.63) is 32.6 Å². The van der Waals surface area contributed by atoms with E-state index in [1.165, 1.54) is 32.1 Å². The number of aromatic nitrogens is 2. The predicted molar refractivity (Wildman–Crippen MR) is 97.4 cm³/mol. The summed E-state index contributed by atoms with van der Waals surface area (Å²) in [5.74, 6) is -0.273. The molecule has 0 radical (unpaired) electrons. The van der Waals surface area contributed by atoms with Gasteiger partial charge in [-0.3, -0.25) is 24.4 Å². The number of aromatic amines is 2. The summed E-state index contributed by atoms with van der Waals surface area (Å²) in [6, 6.07) is 2.32. The van der Waals surface area contributed by atoms with Gasteiger partial charge < -0.3 is 9.88 Å². The first-order chi connectivity index (χ1) is 12.6. The van der Waals surface area contributed by atoms with Crippen molar-refractivity contribution >= 4 is 5.91 Å². The minimum Gasteiger partial charge on any atom is -0.334 e. The number of piperazine rings is 1. The molecule has 1 amide bonds. The van der Waals surface area contributed by atoms with Crippen LogP contribution in [0.3, 0.4) is 0 Å². The Bertz CT molecular complexity index is 724. The average Bonchev–Trinajstić information content (AvgIpc) is 2.61. The van der Waals surface area contributed by atoms with E-state index in [0.717, 1.165) is 38.3 Å². The van der Waals surface area contributed by atoms with Crippen LogP contribution in [0.15, 0.2) is 15.7 Å². The van der Waals surface area contributed by atoms with E-state index in [1.807, 2.05) is 0 Å². The molecule has 1 aromatic heterocycles. The topological polar surface area (TPSA) is 92.5 Å². The Balaban J connectivity index is 1.27. The molecule has 0 spiro atoms. The maximum atomic E-state index is 12.4. The molecule has 1 aromatic rings. The van der Waals surface area contributed by atoms with Gasteiger partial charge in [0.1, 0.15) is 5.69 Å². The monoisotopic (exact) mass is 361 g/mol. The van der Waals surface area contributed by atoms with Gasteiger partial charge >= 0.3 is 5.69 Å². The quantitative estimate of drug-likeness (QED) is 0.780. The van der Waals surface area contributed by atoms with Gasteiger partial charge in [0, 0.05) is 57.4 Å². The third kappa shape index (κ3) is 3.61. The molecule has 0 atom stereocenters. The van der Waals surface area contributed by atoms with Crippen molar-refractivity contribution in [1.82, 2.24) is 24.7 Å². The summed E-state index contributed by atoms with van der Waals surface area (Å²) >= 11 is 0. The van der Waals surface area contributed by atoms with Crippen molar-refractivity contribution in [2.45, 2.75) is 44.2 Å². The molecule has 1 saturated carbocycles. The van der Waals surface area contributed by atoms with E-state index in [-0.39, 0.29) is 11.6 Å². The second kappa shape index (κ2) is 7.36. The van der Waals surface area contributed by atoms with Gasteiger partial charge in [0.05, 0.1) is 0 Å². The Morgan fingerprint density at radius 1 is 0.885 bits per heavy atom. The lowest BCUT2D eigenvalue weighted by atomic mass is 9.93.